The molecule has 0 atom stereocenters. The average molecular weight is 1110 g/mol. The molecule has 17 aromatic rings. The topological polar surface area (TPSA) is 100 Å². The quantitative estimate of drug-likeness (QED) is 0.134. The Morgan fingerprint density at radius 3 is 0.977 bits per heavy atom. The minimum atomic E-state index is 0.428. The van der Waals surface area contributed by atoms with Gasteiger partial charge >= 0.3 is 0 Å². The van der Waals surface area contributed by atoms with E-state index in [0.717, 1.165) is 133 Å². The zero-order valence-corrected chi connectivity index (χ0v) is 46.7. The zero-order valence-electron chi connectivity index (χ0n) is 46.7. The second-order valence-electron chi connectivity index (χ2n) is 21.9. The first-order valence-corrected chi connectivity index (χ1v) is 29.1. The van der Waals surface area contributed by atoms with Crippen LogP contribution in [0.5, 0.6) is 0 Å². The SMILES string of the molecule is c1ccc(-c2ccc(-c3nc(-c4ccc(-n5c6ccccc6c6ccc(-c7nnc(-c8ccc9c%10ccccc%10n(-c%10ccc(-c%11nc(-c%12ccc(-c%13ccccc%13)cc%12)c%12ccccc%12n%11)cc%10)c9c8)o7)cc65)cc4)nc4ccccc34)cc2)cc1. The molecule has 0 radical (unpaired) electrons. The van der Waals surface area contributed by atoms with Gasteiger partial charge in [0.25, 0.3) is 0 Å². The molecule has 0 spiro atoms. The molecule has 5 heterocycles. The third-order valence-corrected chi connectivity index (χ3v) is 16.8. The lowest BCUT2D eigenvalue weighted by atomic mass is 10.0. The van der Waals surface area contributed by atoms with Gasteiger partial charge in [0.05, 0.1) is 44.5 Å². The molecule has 0 aliphatic heterocycles. The van der Waals surface area contributed by atoms with E-state index in [1.807, 2.05) is 36.4 Å². The maximum atomic E-state index is 6.65. The highest BCUT2D eigenvalue weighted by molar-refractivity contribution is 6.11. The number of hydrogen-bond donors (Lipinski definition) is 0. The van der Waals surface area contributed by atoms with Crippen LogP contribution in [0.3, 0.4) is 0 Å². The highest BCUT2D eigenvalue weighted by Crippen LogP contribution is 2.40. The van der Waals surface area contributed by atoms with Gasteiger partial charge in [-0.1, -0.05) is 194 Å². The lowest BCUT2D eigenvalue weighted by molar-refractivity contribution is 0.584. The Balaban J connectivity index is 0.691. The summed E-state index contributed by atoms with van der Waals surface area (Å²) in [4.78, 5) is 20.7. The van der Waals surface area contributed by atoms with E-state index < -0.39 is 0 Å². The molecule has 17 rings (SSSR count). The molecule has 0 amide bonds. The van der Waals surface area contributed by atoms with Crippen LogP contribution in [0.4, 0.5) is 0 Å². The maximum absolute atomic E-state index is 6.65. The molecule has 0 N–H and O–H groups in total. The summed E-state index contributed by atoms with van der Waals surface area (Å²) in [5.74, 6) is 2.19. The van der Waals surface area contributed by atoms with Crippen molar-refractivity contribution >= 4 is 65.4 Å². The van der Waals surface area contributed by atoms with Crippen molar-refractivity contribution in [2.45, 2.75) is 0 Å². The van der Waals surface area contributed by atoms with Crippen LogP contribution < -0.4 is 0 Å². The molecule has 0 bridgehead atoms. The van der Waals surface area contributed by atoms with E-state index in [2.05, 4.69) is 274 Å². The fraction of sp³-hybridized carbons (Fsp3) is 0. The molecular formula is C78H48N8O. The van der Waals surface area contributed by atoms with Crippen LogP contribution in [-0.4, -0.2) is 39.3 Å². The largest absolute Gasteiger partial charge is 0.416 e. The molecule has 0 saturated carbocycles. The van der Waals surface area contributed by atoms with Crippen molar-refractivity contribution in [3.05, 3.63) is 291 Å². The van der Waals surface area contributed by atoms with Crippen LogP contribution in [0.1, 0.15) is 0 Å². The summed E-state index contributed by atoms with van der Waals surface area (Å²) in [6, 6.07) is 101. The van der Waals surface area contributed by atoms with Gasteiger partial charge in [-0.15, -0.1) is 10.2 Å². The number of hydrogen-bond acceptors (Lipinski definition) is 7. The first-order chi connectivity index (χ1) is 43.1. The van der Waals surface area contributed by atoms with E-state index in [9.17, 15) is 0 Å². The van der Waals surface area contributed by atoms with Gasteiger partial charge in [0.2, 0.25) is 11.8 Å². The molecule has 0 fully saturated rings. The Morgan fingerprint density at radius 2 is 0.552 bits per heavy atom. The summed E-state index contributed by atoms with van der Waals surface area (Å²) in [6.45, 7) is 0. The van der Waals surface area contributed by atoms with Crippen molar-refractivity contribution in [3.63, 3.8) is 0 Å². The summed E-state index contributed by atoms with van der Waals surface area (Å²) in [5.41, 5.74) is 20.0. The summed E-state index contributed by atoms with van der Waals surface area (Å²) in [5, 5.41) is 15.9. The number of nitrogens with zero attached hydrogens (tertiary/aromatic N) is 8. The summed E-state index contributed by atoms with van der Waals surface area (Å²) < 4.78 is 11.2. The van der Waals surface area contributed by atoms with Crippen LogP contribution in [0.25, 0.3) is 167 Å². The molecule has 0 aliphatic rings. The summed E-state index contributed by atoms with van der Waals surface area (Å²) >= 11 is 0. The third kappa shape index (κ3) is 8.63. The van der Waals surface area contributed by atoms with Crippen molar-refractivity contribution in [2.24, 2.45) is 0 Å². The van der Waals surface area contributed by atoms with Gasteiger partial charge in [-0.2, -0.15) is 0 Å². The van der Waals surface area contributed by atoms with E-state index in [0.29, 0.717) is 23.4 Å². The van der Waals surface area contributed by atoms with Gasteiger partial charge < -0.3 is 13.6 Å². The number of rotatable bonds is 10. The van der Waals surface area contributed by atoms with E-state index >= 15 is 0 Å². The Morgan fingerprint density at radius 1 is 0.230 bits per heavy atom. The van der Waals surface area contributed by atoms with Crippen LogP contribution in [0.15, 0.2) is 296 Å². The number of para-hydroxylation sites is 4. The van der Waals surface area contributed by atoms with Gasteiger partial charge in [0.15, 0.2) is 11.6 Å². The first-order valence-electron chi connectivity index (χ1n) is 29.1. The van der Waals surface area contributed by atoms with E-state index in [1.54, 1.807) is 0 Å². The van der Waals surface area contributed by atoms with Gasteiger partial charge in [0.1, 0.15) is 0 Å². The van der Waals surface area contributed by atoms with Crippen molar-refractivity contribution in [3.8, 4) is 102 Å². The van der Waals surface area contributed by atoms with Crippen molar-refractivity contribution in [1.82, 2.24) is 39.3 Å². The molecule has 0 aliphatic carbocycles. The zero-order chi connectivity index (χ0) is 57.4. The van der Waals surface area contributed by atoms with Crippen molar-refractivity contribution in [2.75, 3.05) is 0 Å². The molecule has 5 aromatic heterocycles. The van der Waals surface area contributed by atoms with E-state index in [1.165, 1.54) is 11.1 Å². The molecule has 0 unspecified atom stereocenters. The molecule has 0 saturated heterocycles. The molecule has 406 valence electrons. The van der Waals surface area contributed by atoms with Gasteiger partial charge in [-0.05, 0) is 119 Å². The van der Waals surface area contributed by atoms with Crippen LogP contribution in [0, 0.1) is 0 Å². The fourth-order valence-electron chi connectivity index (χ4n) is 12.5. The lowest BCUT2D eigenvalue weighted by Crippen LogP contribution is -1.97. The van der Waals surface area contributed by atoms with Crippen LogP contribution in [-0.2, 0) is 0 Å². The molecule has 9 heteroatoms. The second-order valence-corrected chi connectivity index (χ2v) is 21.9. The van der Waals surface area contributed by atoms with Gasteiger partial charge in [0, 0.05) is 77.1 Å². The lowest BCUT2D eigenvalue weighted by Gasteiger charge is -2.12. The Labute approximate surface area is 499 Å². The van der Waals surface area contributed by atoms with E-state index in [-0.39, 0.29) is 0 Å². The summed E-state index contributed by atoms with van der Waals surface area (Å²) in [6.07, 6.45) is 0. The molecule has 12 aromatic carbocycles. The Bertz CT molecular complexity index is 5140. The highest BCUT2D eigenvalue weighted by atomic mass is 16.4. The third-order valence-electron chi connectivity index (χ3n) is 16.8. The minimum absolute atomic E-state index is 0.428. The summed E-state index contributed by atoms with van der Waals surface area (Å²) in [7, 11) is 0. The minimum Gasteiger partial charge on any atom is -0.416 e. The standard InChI is InChI=1S/C78H48N8O/c1-3-15-49(16-4-1)51-27-31-53(32-28-51)73-65-21-7-11-23-67(65)79-75(81-73)55-35-41-59(42-36-55)85-69-25-13-9-19-61(69)63-45-39-57(47-71(63)85)77-83-84-78(87-77)58-40-46-64-62-20-10-14-26-70(62)86(72(64)48-58)60-43-37-56(38-44-60)76-80-68-24-12-8-22-66(68)74(82-76)54-33-29-52(30-34-54)50-17-5-2-6-18-50/h1-48H. The highest BCUT2D eigenvalue weighted by Gasteiger charge is 2.21. The normalized spacial score (nSPS) is 11.7. The van der Waals surface area contributed by atoms with Gasteiger partial charge in [-0.25, -0.2) is 19.9 Å². The predicted octanol–water partition coefficient (Wildman–Crippen LogP) is 19.5. The van der Waals surface area contributed by atoms with Gasteiger partial charge in [-0.3, -0.25) is 0 Å². The number of fused-ring (bicyclic) bond motifs is 8. The Hall–Kier alpha value is -11.9. The Kier molecular flexibility index (Phi) is 11.7. The predicted molar refractivity (Wildman–Crippen MR) is 353 cm³/mol. The molecule has 9 nitrogen and oxygen atoms in total. The number of aromatic nitrogens is 8. The first kappa shape index (κ1) is 49.7. The average Bonchev–Trinajstić information content (AvgIpc) is 2.07. The molecule has 87 heavy (non-hydrogen) atoms. The second kappa shape index (κ2) is 20.4. The van der Waals surface area contributed by atoms with E-state index in [4.69, 9.17) is 24.4 Å². The van der Waals surface area contributed by atoms with Crippen LogP contribution >= 0.6 is 0 Å². The monoisotopic (exact) mass is 1110 g/mol. The van der Waals surface area contributed by atoms with Crippen LogP contribution in [0.2, 0.25) is 0 Å². The number of benzene rings is 12. The fourth-order valence-corrected chi connectivity index (χ4v) is 12.5. The van der Waals surface area contributed by atoms with Crippen molar-refractivity contribution in [1.29, 1.82) is 0 Å². The van der Waals surface area contributed by atoms with Crippen molar-refractivity contribution < 1.29 is 4.42 Å². The maximum Gasteiger partial charge on any atom is 0.248 e. The smallest absolute Gasteiger partial charge is 0.248 e. The molecular weight excluding hydrogens is 1060 g/mol.